The maximum absolute atomic E-state index is 10.2. The predicted octanol–water partition coefficient (Wildman–Crippen LogP) is 0.687. The molecule has 0 saturated heterocycles. The molecule has 1 unspecified atom stereocenters. The SMILES string of the molecule is CC=CC(COP(=O)(O)O)OC. The average Bonchev–Trinajstić information content (AvgIpc) is 1.96. The molecule has 0 aliphatic carbocycles. The summed E-state index contributed by atoms with van der Waals surface area (Å²) in [6.07, 6.45) is 2.95. The zero-order chi connectivity index (χ0) is 9.61. The fraction of sp³-hybridized carbons (Fsp3) is 0.667. The van der Waals surface area contributed by atoms with Gasteiger partial charge in [-0.15, -0.1) is 0 Å². The summed E-state index contributed by atoms with van der Waals surface area (Å²) in [6.45, 7) is 1.63. The van der Waals surface area contributed by atoms with E-state index in [1.807, 2.05) is 0 Å². The Kier molecular flexibility index (Phi) is 5.37. The van der Waals surface area contributed by atoms with Gasteiger partial charge in [0.25, 0.3) is 0 Å². The van der Waals surface area contributed by atoms with Crippen LogP contribution < -0.4 is 0 Å². The predicted molar refractivity (Wildman–Crippen MR) is 43.6 cm³/mol. The molecule has 1 atom stereocenters. The molecule has 72 valence electrons. The first kappa shape index (κ1) is 11.8. The molecule has 0 aromatic heterocycles. The monoisotopic (exact) mass is 196 g/mol. The molecule has 0 fully saturated rings. The highest BCUT2D eigenvalue weighted by molar-refractivity contribution is 7.46. The topological polar surface area (TPSA) is 76.0 Å². The minimum atomic E-state index is -4.37. The first-order valence-electron chi connectivity index (χ1n) is 3.35. The summed E-state index contributed by atoms with van der Waals surface area (Å²) in [6, 6.07) is 0. The summed E-state index contributed by atoms with van der Waals surface area (Å²) < 4.78 is 19.3. The van der Waals surface area contributed by atoms with Gasteiger partial charge in [-0.25, -0.2) is 4.57 Å². The average molecular weight is 196 g/mol. The van der Waals surface area contributed by atoms with Crippen molar-refractivity contribution in [3.63, 3.8) is 0 Å². The van der Waals surface area contributed by atoms with Crippen LogP contribution in [0.3, 0.4) is 0 Å². The van der Waals surface area contributed by atoms with Gasteiger partial charge in [0, 0.05) is 7.11 Å². The first-order valence-corrected chi connectivity index (χ1v) is 4.88. The minimum absolute atomic E-state index is 0.148. The van der Waals surface area contributed by atoms with E-state index < -0.39 is 13.9 Å². The molecule has 0 radical (unpaired) electrons. The molecule has 0 aliphatic heterocycles. The standard InChI is InChI=1S/C6H13O5P/c1-3-4-6(10-2)5-11-12(7,8)9/h3-4,6H,5H2,1-2H3,(H2,7,8,9). The van der Waals surface area contributed by atoms with Crippen molar-refractivity contribution in [2.75, 3.05) is 13.7 Å². The Morgan fingerprint density at radius 1 is 1.58 bits per heavy atom. The van der Waals surface area contributed by atoms with Crippen molar-refractivity contribution in [2.45, 2.75) is 13.0 Å². The number of phosphoric acid groups is 1. The smallest absolute Gasteiger partial charge is 0.375 e. The van der Waals surface area contributed by atoms with Crippen LogP contribution in [-0.4, -0.2) is 29.6 Å². The first-order chi connectivity index (χ1) is 5.49. The van der Waals surface area contributed by atoms with Crippen LogP contribution in [0.2, 0.25) is 0 Å². The van der Waals surface area contributed by atoms with E-state index in [1.165, 1.54) is 7.11 Å². The highest BCUT2D eigenvalue weighted by Crippen LogP contribution is 2.35. The van der Waals surface area contributed by atoms with Gasteiger partial charge in [-0.2, -0.15) is 0 Å². The Morgan fingerprint density at radius 2 is 2.17 bits per heavy atom. The van der Waals surface area contributed by atoms with Gasteiger partial charge >= 0.3 is 7.82 Å². The fourth-order valence-electron chi connectivity index (χ4n) is 0.587. The van der Waals surface area contributed by atoms with Crippen LogP contribution in [-0.2, 0) is 13.8 Å². The highest BCUT2D eigenvalue weighted by Gasteiger charge is 2.16. The second-order valence-electron chi connectivity index (χ2n) is 2.09. The number of allylic oxidation sites excluding steroid dienone is 1. The molecule has 0 aromatic rings. The second kappa shape index (κ2) is 5.45. The molecule has 0 aromatic carbocycles. The van der Waals surface area contributed by atoms with E-state index in [1.54, 1.807) is 19.1 Å². The van der Waals surface area contributed by atoms with Crippen LogP contribution in [0.5, 0.6) is 0 Å². The van der Waals surface area contributed by atoms with Crippen molar-refractivity contribution in [3.05, 3.63) is 12.2 Å². The molecule has 5 nitrogen and oxygen atoms in total. The summed E-state index contributed by atoms with van der Waals surface area (Å²) in [5.41, 5.74) is 0. The molecule has 12 heavy (non-hydrogen) atoms. The lowest BCUT2D eigenvalue weighted by atomic mass is 10.3. The molecule has 0 bridgehead atoms. The third-order valence-corrected chi connectivity index (χ3v) is 1.60. The van der Waals surface area contributed by atoms with Crippen LogP contribution >= 0.6 is 7.82 Å². The van der Waals surface area contributed by atoms with Gasteiger partial charge < -0.3 is 14.5 Å². The van der Waals surface area contributed by atoms with Gasteiger partial charge in [0.2, 0.25) is 0 Å². The molecule has 0 saturated carbocycles. The number of rotatable bonds is 5. The third-order valence-electron chi connectivity index (χ3n) is 1.12. The molecule has 0 heterocycles. The van der Waals surface area contributed by atoms with E-state index in [2.05, 4.69) is 4.52 Å². The Hall–Kier alpha value is -0.190. The molecule has 0 rings (SSSR count). The van der Waals surface area contributed by atoms with Crippen molar-refractivity contribution >= 4 is 7.82 Å². The van der Waals surface area contributed by atoms with Crippen LogP contribution in [0.15, 0.2) is 12.2 Å². The summed E-state index contributed by atoms with van der Waals surface area (Å²) in [5.74, 6) is 0. The van der Waals surface area contributed by atoms with Crippen LogP contribution in [0.4, 0.5) is 0 Å². The molecule has 0 spiro atoms. The normalized spacial score (nSPS) is 15.3. The van der Waals surface area contributed by atoms with Gasteiger partial charge in [-0.05, 0) is 6.92 Å². The van der Waals surface area contributed by atoms with Gasteiger partial charge in [-0.1, -0.05) is 12.2 Å². The zero-order valence-electron chi connectivity index (χ0n) is 7.01. The number of ether oxygens (including phenoxy) is 1. The van der Waals surface area contributed by atoms with E-state index in [0.29, 0.717) is 0 Å². The lowest BCUT2D eigenvalue weighted by Gasteiger charge is -2.11. The summed E-state index contributed by atoms with van der Waals surface area (Å²) in [5, 5.41) is 0. The highest BCUT2D eigenvalue weighted by atomic mass is 31.2. The van der Waals surface area contributed by atoms with E-state index in [-0.39, 0.29) is 6.61 Å². The van der Waals surface area contributed by atoms with Gasteiger partial charge in [0.15, 0.2) is 0 Å². The largest absolute Gasteiger partial charge is 0.469 e. The van der Waals surface area contributed by atoms with Gasteiger partial charge in [0.1, 0.15) is 0 Å². The van der Waals surface area contributed by atoms with Gasteiger partial charge in [-0.3, -0.25) is 4.52 Å². The third kappa shape index (κ3) is 6.52. The molecular weight excluding hydrogens is 183 g/mol. The van der Waals surface area contributed by atoms with Crippen LogP contribution in [0, 0.1) is 0 Å². The number of hydrogen-bond donors (Lipinski definition) is 2. The Morgan fingerprint density at radius 3 is 2.50 bits per heavy atom. The van der Waals surface area contributed by atoms with Crippen molar-refractivity contribution < 1.29 is 23.6 Å². The fourth-order valence-corrected chi connectivity index (χ4v) is 0.928. The van der Waals surface area contributed by atoms with Crippen LogP contribution in [0.25, 0.3) is 0 Å². The molecule has 6 heteroatoms. The van der Waals surface area contributed by atoms with Crippen LogP contribution in [0.1, 0.15) is 6.92 Å². The van der Waals surface area contributed by atoms with E-state index in [9.17, 15) is 4.57 Å². The van der Waals surface area contributed by atoms with E-state index in [4.69, 9.17) is 14.5 Å². The molecule has 2 N–H and O–H groups in total. The van der Waals surface area contributed by atoms with Crippen molar-refractivity contribution in [1.82, 2.24) is 0 Å². The lowest BCUT2D eigenvalue weighted by molar-refractivity contribution is 0.0749. The second-order valence-corrected chi connectivity index (χ2v) is 3.33. The van der Waals surface area contributed by atoms with Crippen molar-refractivity contribution in [1.29, 1.82) is 0 Å². The Bertz CT molecular complexity index is 184. The quantitative estimate of drug-likeness (QED) is 0.499. The summed E-state index contributed by atoms with van der Waals surface area (Å²) >= 11 is 0. The number of phosphoric ester groups is 1. The molecule has 0 aliphatic rings. The van der Waals surface area contributed by atoms with E-state index >= 15 is 0 Å². The van der Waals surface area contributed by atoms with Crippen molar-refractivity contribution in [2.24, 2.45) is 0 Å². The Labute approximate surface area is 71.2 Å². The molecule has 0 amide bonds. The Balaban J connectivity index is 3.81. The maximum Gasteiger partial charge on any atom is 0.469 e. The van der Waals surface area contributed by atoms with Gasteiger partial charge in [0.05, 0.1) is 12.7 Å². The lowest BCUT2D eigenvalue weighted by Crippen LogP contribution is -2.14. The molecular formula is C6H13O5P. The maximum atomic E-state index is 10.2. The summed E-state index contributed by atoms with van der Waals surface area (Å²) in [7, 11) is -2.93. The minimum Gasteiger partial charge on any atom is -0.375 e. The van der Waals surface area contributed by atoms with E-state index in [0.717, 1.165) is 0 Å². The number of methoxy groups -OCH3 is 1. The number of hydrogen-bond acceptors (Lipinski definition) is 3. The summed E-state index contributed by atoms with van der Waals surface area (Å²) in [4.78, 5) is 16.7. The zero-order valence-corrected chi connectivity index (χ0v) is 7.90. The van der Waals surface area contributed by atoms with Crippen molar-refractivity contribution in [3.8, 4) is 0 Å².